The van der Waals surface area contributed by atoms with Gasteiger partial charge in [0.1, 0.15) is 22.8 Å². The van der Waals surface area contributed by atoms with Gasteiger partial charge in [-0.3, -0.25) is 24.5 Å². The minimum atomic E-state index is -0.376. The second-order valence-corrected chi connectivity index (χ2v) is 18.7. The highest BCUT2D eigenvalue weighted by molar-refractivity contribution is 7.98. The Morgan fingerprint density at radius 2 is 1.80 bits per heavy atom. The summed E-state index contributed by atoms with van der Waals surface area (Å²) in [5.74, 6) is 1.01. The van der Waals surface area contributed by atoms with E-state index in [9.17, 15) is 14.9 Å². The number of piperidine rings is 1. The fourth-order valence-corrected chi connectivity index (χ4v) is 10.2. The van der Waals surface area contributed by atoms with Gasteiger partial charge >= 0.3 is 0 Å². The molecule has 9 rings (SSSR count). The van der Waals surface area contributed by atoms with E-state index in [4.69, 9.17) is 16.3 Å². The van der Waals surface area contributed by atoms with E-state index in [1.807, 2.05) is 42.6 Å². The number of nitro benzene ring substituents is 1. The number of amides is 1. The summed E-state index contributed by atoms with van der Waals surface area (Å²) in [6, 6.07) is 23.0. The van der Waals surface area contributed by atoms with Crippen molar-refractivity contribution in [2.45, 2.75) is 56.3 Å². The highest BCUT2D eigenvalue weighted by Crippen LogP contribution is 2.55. The summed E-state index contributed by atoms with van der Waals surface area (Å²) in [6.45, 7) is 7.24. The van der Waals surface area contributed by atoms with Crippen molar-refractivity contribution in [2.75, 3.05) is 69.6 Å². The summed E-state index contributed by atoms with van der Waals surface area (Å²) in [4.78, 5) is 41.0. The molecule has 4 heterocycles. The molecular formula is C47H53ClN8O4S. The van der Waals surface area contributed by atoms with Gasteiger partial charge in [-0.15, -0.1) is 0 Å². The molecule has 5 aromatic rings. The summed E-state index contributed by atoms with van der Waals surface area (Å²) in [5, 5.41) is 17.1. The number of nitro groups is 1. The van der Waals surface area contributed by atoms with Crippen LogP contribution in [0.5, 0.6) is 11.5 Å². The number of carbonyl (C=O) groups is 1. The zero-order valence-electron chi connectivity index (χ0n) is 34.6. The van der Waals surface area contributed by atoms with Gasteiger partial charge in [-0.1, -0.05) is 35.7 Å². The van der Waals surface area contributed by atoms with Gasteiger partial charge in [0.15, 0.2) is 0 Å². The smallest absolute Gasteiger partial charge is 0.293 e. The lowest BCUT2D eigenvalue weighted by Crippen LogP contribution is -2.47. The number of carbonyl (C=O) groups excluding carboxylic acids is 1. The maximum absolute atomic E-state index is 13.9. The number of hydrogen-bond acceptors (Lipinski definition) is 10. The van der Waals surface area contributed by atoms with Crippen molar-refractivity contribution in [1.82, 2.24) is 24.5 Å². The van der Waals surface area contributed by atoms with Gasteiger partial charge in [0.2, 0.25) is 0 Å². The van der Waals surface area contributed by atoms with Gasteiger partial charge in [0.05, 0.1) is 16.7 Å². The first kappa shape index (κ1) is 41.3. The lowest BCUT2D eigenvalue weighted by molar-refractivity contribution is -0.384. The van der Waals surface area contributed by atoms with Crippen molar-refractivity contribution in [3.63, 3.8) is 0 Å². The molecule has 0 atom stereocenters. The zero-order chi connectivity index (χ0) is 41.9. The fraction of sp³-hybridized carbons (Fsp3) is 0.404. The van der Waals surface area contributed by atoms with Crippen LogP contribution in [0.2, 0.25) is 5.02 Å². The Hall–Kier alpha value is -5.08. The number of aromatic nitrogens is 2. The van der Waals surface area contributed by atoms with Gasteiger partial charge in [-0.05, 0) is 148 Å². The van der Waals surface area contributed by atoms with E-state index >= 15 is 0 Å². The van der Waals surface area contributed by atoms with E-state index in [0.29, 0.717) is 45.5 Å². The number of nitrogens with one attached hydrogen (secondary N) is 3. The molecule has 2 aliphatic heterocycles. The topological polar surface area (TPSA) is 132 Å². The third kappa shape index (κ3) is 9.55. The SMILES string of the molecule is CN1CCC(CNc2ccc(SNC(=O)c3ccc(N4CCN(CC5=C(c6ccc(Cl)cc6)CC6(CCC6)CC5)CC4)cc3Oc3cnc4[nH]ccc4c3)cc2[N+](=O)[O-])CC1. The molecule has 12 nitrogen and oxygen atoms in total. The van der Waals surface area contributed by atoms with Crippen LogP contribution in [0.1, 0.15) is 67.3 Å². The third-order valence-corrected chi connectivity index (χ3v) is 14.4. The van der Waals surface area contributed by atoms with Crippen LogP contribution in [-0.2, 0) is 0 Å². The van der Waals surface area contributed by atoms with Crippen molar-refractivity contribution in [2.24, 2.45) is 11.3 Å². The van der Waals surface area contributed by atoms with Crippen LogP contribution in [0.4, 0.5) is 17.1 Å². The number of fused-ring (bicyclic) bond motifs is 1. The number of pyridine rings is 1. The van der Waals surface area contributed by atoms with Crippen LogP contribution in [-0.4, -0.2) is 90.0 Å². The number of anilines is 2. The van der Waals surface area contributed by atoms with Crippen molar-refractivity contribution >= 4 is 63.1 Å². The first-order valence-electron chi connectivity index (χ1n) is 21.5. The van der Waals surface area contributed by atoms with Gasteiger partial charge in [0.25, 0.3) is 11.6 Å². The Balaban J connectivity index is 0.888. The molecule has 2 aromatic heterocycles. The first-order chi connectivity index (χ1) is 29.7. The lowest BCUT2D eigenvalue weighted by Gasteiger charge is -2.47. The second kappa shape index (κ2) is 18.1. The summed E-state index contributed by atoms with van der Waals surface area (Å²) < 4.78 is 9.37. The van der Waals surface area contributed by atoms with Crippen molar-refractivity contribution < 1.29 is 14.5 Å². The molecule has 1 spiro atoms. The van der Waals surface area contributed by atoms with E-state index in [1.54, 1.807) is 30.0 Å². The average molecular weight is 862 g/mol. The van der Waals surface area contributed by atoms with Crippen LogP contribution in [0.25, 0.3) is 16.6 Å². The predicted octanol–water partition coefficient (Wildman–Crippen LogP) is 10.0. The van der Waals surface area contributed by atoms with Crippen LogP contribution >= 0.6 is 23.5 Å². The van der Waals surface area contributed by atoms with Crippen molar-refractivity contribution in [3.8, 4) is 11.5 Å². The Bertz CT molecular complexity index is 2420. The summed E-state index contributed by atoms with van der Waals surface area (Å²) >= 11 is 7.34. The highest BCUT2D eigenvalue weighted by Gasteiger charge is 2.41. The molecule has 2 aliphatic carbocycles. The molecule has 1 saturated carbocycles. The standard InChI is InChI=1S/C47H53ClN8O4S/c1-53-19-13-32(14-20-53)29-50-42-10-8-39(27-43(42)56(58)59)61-52-46(57)40-9-7-37(26-44(40)60-38-25-34-12-18-49-45(34)51-30-38)55-23-21-54(22-24-55)31-35-11-17-47(15-2-16-47)28-41(35)33-3-5-36(48)6-4-33/h3-10,12,18,25-27,30,32,50H,2,11,13-17,19-24,28-29,31H2,1H3,(H,49,51)(H,52,57). The Morgan fingerprint density at radius 3 is 2.56 bits per heavy atom. The second-order valence-electron chi connectivity index (χ2n) is 17.3. The summed E-state index contributed by atoms with van der Waals surface area (Å²) in [5.41, 5.74) is 7.41. The molecule has 2 saturated heterocycles. The van der Waals surface area contributed by atoms with Crippen LogP contribution in [0.15, 0.2) is 95.7 Å². The van der Waals surface area contributed by atoms with E-state index in [-0.39, 0.29) is 16.5 Å². The molecule has 14 heteroatoms. The normalized spacial score (nSPS) is 18.6. The maximum atomic E-state index is 13.9. The molecule has 3 fully saturated rings. The third-order valence-electron chi connectivity index (χ3n) is 13.4. The quantitative estimate of drug-likeness (QED) is 0.0597. The molecule has 3 aromatic carbocycles. The minimum Gasteiger partial charge on any atom is -0.455 e. The molecule has 61 heavy (non-hydrogen) atoms. The number of likely N-dealkylation sites (tertiary alicyclic amines) is 1. The molecule has 0 unspecified atom stereocenters. The van der Waals surface area contributed by atoms with Crippen LogP contribution < -0.4 is 19.7 Å². The van der Waals surface area contributed by atoms with Crippen molar-refractivity contribution in [1.29, 1.82) is 0 Å². The number of ether oxygens (including phenoxy) is 1. The Kier molecular flexibility index (Phi) is 12.3. The average Bonchev–Trinajstić information content (AvgIpc) is 3.74. The van der Waals surface area contributed by atoms with E-state index in [2.05, 4.69) is 53.9 Å². The van der Waals surface area contributed by atoms with Gasteiger partial charge in [-0.2, -0.15) is 0 Å². The molecule has 4 aliphatic rings. The number of aromatic amines is 1. The minimum absolute atomic E-state index is 0.0205. The van der Waals surface area contributed by atoms with Crippen LogP contribution in [0, 0.1) is 21.4 Å². The maximum Gasteiger partial charge on any atom is 0.293 e. The number of hydrogen-bond donors (Lipinski definition) is 3. The van der Waals surface area contributed by atoms with E-state index < -0.39 is 0 Å². The highest BCUT2D eigenvalue weighted by atomic mass is 35.5. The summed E-state index contributed by atoms with van der Waals surface area (Å²) in [7, 11) is 2.12. The summed E-state index contributed by atoms with van der Waals surface area (Å²) in [6.07, 6.45) is 13.2. The van der Waals surface area contributed by atoms with Crippen LogP contribution in [0.3, 0.4) is 0 Å². The number of piperazine rings is 1. The largest absolute Gasteiger partial charge is 0.455 e. The van der Waals surface area contributed by atoms with E-state index in [0.717, 1.165) is 98.8 Å². The number of H-pyrrole nitrogens is 1. The van der Waals surface area contributed by atoms with Gasteiger partial charge in [0, 0.05) is 78.6 Å². The molecular weight excluding hydrogens is 808 g/mol. The molecule has 0 bridgehead atoms. The first-order valence-corrected chi connectivity index (χ1v) is 22.7. The predicted molar refractivity (Wildman–Crippen MR) is 245 cm³/mol. The Morgan fingerprint density at radius 1 is 1.00 bits per heavy atom. The number of rotatable bonds is 13. The molecule has 1 amide bonds. The molecule has 3 N–H and O–H groups in total. The zero-order valence-corrected chi connectivity index (χ0v) is 36.2. The van der Waals surface area contributed by atoms with Crippen molar-refractivity contribution in [3.05, 3.63) is 117 Å². The number of allylic oxidation sites excluding steroid dienone is 1. The van der Waals surface area contributed by atoms with Gasteiger partial charge < -0.3 is 24.8 Å². The monoisotopic (exact) mass is 860 g/mol. The molecule has 318 valence electrons. The number of nitrogens with zero attached hydrogens (tertiary/aromatic N) is 5. The van der Waals surface area contributed by atoms with Gasteiger partial charge in [-0.25, -0.2) is 4.98 Å². The number of halogens is 1. The lowest BCUT2D eigenvalue weighted by atomic mass is 9.59. The Labute approximate surface area is 366 Å². The fourth-order valence-electron chi connectivity index (χ4n) is 9.46. The molecule has 0 radical (unpaired) electrons. The number of benzene rings is 3. The van der Waals surface area contributed by atoms with E-state index in [1.165, 1.54) is 49.3 Å².